The fourth-order valence-corrected chi connectivity index (χ4v) is 1.61. The molecule has 0 N–H and O–H groups in total. The molecule has 1 heterocycles. The van der Waals surface area contributed by atoms with Crippen molar-refractivity contribution in [2.75, 3.05) is 13.2 Å². The lowest BCUT2D eigenvalue weighted by Gasteiger charge is -2.04. The molecule has 0 aliphatic carbocycles. The van der Waals surface area contributed by atoms with Crippen molar-refractivity contribution in [3.05, 3.63) is 30.1 Å². The van der Waals surface area contributed by atoms with Gasteiger partial charge in [0, 0.05) is 32.0 Å². The molecule has 3 heteroatoms. The number of ketones is 1. The van der Waals surface area contributed by atoms with E-state index < -0.39 is 0 Å². The van der Waals surface area contributed by atoms with Crippen molar-refractivity contribution in [3.8, 4) is 0 Å². The third-order valence-corrected chi connectivity index (χ3v) is 2.57. The van der Waals surface area contributed by atoms with Gasteiger partial charge in [-0.3, -0.25) is 4.98 Å². The van der Waals surface area contributed by atoms with Gasteiger partial charge in [0.25, 0.3) is 0 Å². The molecule has 3 nitrogen and oxygen atoms in total. The highest BCUT2D eigenvalue weighted by molar-refractivity contribution is 5.75. The predicted molar refractivity (Wildman–Crippen MR) is 67.9 cm³/mol. The number of aryl methyl sites for hydroxylation is 1. The summed E-state index contributed by atoms with van der Waals surface area (Å²) in [5, 5.41) is 0. The van der Waals surface area contributed by atoms with Crippen LogP contribution in [-0.2, 0) is 16.0 Å². The van der Waals surface area contributed by atoms with E-state index in [-0.39, 0.29) is 5.78 Å². The van der Waals surface area contributed by atoms with Crippen molar-refractivity contribution >= 4 is 5.78 Å². The first-order valence-electron chi connectivity index (χ1n) is 6.25. The number of nitrogens with zero attached hydrogens (tertiary/aromatic N) is 1. The minimum atomic E-state index is 0.266. The smallest absolute Gasteiger partial charge is 0.129 e. The fraction of sp³-hybridized carbons (Fsp3) is 0.571. The van der Waals surface area contributed by atoms with E-state index in [1.54, 1.807) is 6.92 Å². The van der Waals surface area contributed by atoms with E-state index in [4.69, 9.17) is 4.74 Å². The van der Waals surface area contributed by atoms with Crippen molar-refractivity contribution < 1.29 is 9.53 Å². The zero-order chi connectivity index (χ0) is 12.3. The molecule has 0 amide bonds. The molecule has 0 aliphatic rings. The second-order valence-corrected chi connectivity index (χ2v) is 4.23. The van der Waals surface area contributed by atoms with Crippen LogP contribution in [0.2, 0.25) is 0 Å². The minimum absolute atomic E-state index is 0.266. The SMILES string of the molecule is CC(=O)CCCCOCCCc1ccncc1. The lowest BCUT2D eigenvalue weighted by atomic mass is 10.1. The largest absolute Gasteiger partial charge is 0.381 e. The van der Waals surface area contributed by atoms with E-state index in [1.807, 2.05) is 24.5 Å². The Morgan fingerprint density at radius 3 is 2.59 bits per heavy atom. The molecule has 0 radical (unpaired) electrons. The predicted octanol–water partition coefficient (Wildman–Crippen LogP) is 2.79. The molecule has 17 heavy (non-hydrogen) atoms. The van der Waals surface area contributed by atoms with Crippen molar-refractivity contribution in [3.63, 3.8) is 0 Å². The lowest BCUT2D eigenvalue weighted by Crippen LogP contribution is -2.00. The molecule has 0 spiro atoms. The Hall–Kier alpha value is -1.22. The van der Waals surface area contributed by atoms with Gasteiger partial charge in [0.05, 0.1) is 0 Å². The fourth-order valence-electron chi connectivity index (χ4n) is 1.61. The Labute approximate surface area is 103 Å². The summed E-state index contributed by atoms with van der Waals surface area (Å²) in [4.78, 5) is 14.7. The maximum Gasteiger partial charge on any atom is 0.129 e. The monoisotopic (exact) mass is 235 g/mol. The minimum Gasteiger partial charge on any atom is -0.381 e. The van der Waals surface area contributed by atoms with E-state index >= 15 is 0 Å². The Bertz CT molecular complexity index is 311. The summed E-state index contributed by atoms with van der Waals surface area (Å²) in [6.45, 7) is 3.20. The summed E-state index contributed by atoms with van der Waals surface area (Å²) >= 11 is 0. The quantitative estimate of drug-likeness (QED) is 0.618. The highest BCUT2D eigenvalue weighted by Gasteiger charge is 1.95. The first-order chi connectivity index (χ1) is 8.29. The second-order valence-electron chi connectivity index (χ2n) is 4.23. The van der Waals surface area contributed by atoms with Crippen LogP contribution in [0.3, 0.4) is 0 Å². The van der Waals surface area contributed by atoms with Crippen LogP contribution in [0, 0.1) is 0 Å². The number of hydrogen-bond acceptors (Lipinski definition) is 3. The average molecular weight is 235 g/mol. The third-order valence-electron chi connectivity index (χ3n) is 2.57. The van der Waals surface area contributed by atoms with Gasteiger partial charge in [-0.25, -0.2) is 0 Å². The van der Waals surface area contributed by atoms with Crippen LogP contribution >= 0.6 is 0 Å². The van der Waals surface area contributed by atoms with Gasteiger partial charge in [-0.05, 0) is 50.3 Å². The number of Topliss-reactive ketones (excluding diaryl/α,β-unsaturated/α-hetero) is 1. The maximum absolute atomic E-state index is 10.7. The van der Waals surface area contributed by atoms with Gasteiger partial charge in [0.15, 0.2) is 0 Å². The normalized spacial score (nSPS) is 10.4. The number of hydrogen-bond donors (Lipinski definition) is 0. The number of pyridine rings is 1. The molecule has 94 valence electrons. The summed E-state index contributed by atoms with van der Waals surface area (Å²) in [6, 6.07) is 4.07. The zero-order valence-electron chi connectivity index (χ0n) is 10.5. The van der Waals surface area contributed by atoms with Gasteiger partial charge in [-0.2, -0.15) is 0 Å². The lowest BCUT2D eigenvalue weighted by molar-refractivity contribution is -0.117. The van der Waals surface area contributed by atoms with Crippen LogP contribution in [-0.4, -0.2) is 24.0 Å². The second kappa shape index (κ2) is 8.88. The Kier molecular flexibility index (Phi) is 7.23. The van der Waals surface area contributed by atoms with Gasteiger partial charge in [-0.15, -0.1) is 0 Å². The standard InChI is InChI=1S/C14H21NO2/c1-13(16)5-2-3-11-17-12-4-6-14-7-9-15-10-8-14/h7-10H,2-6,11-12H2,1H3. The maximum atomic E-state index is 10.7. The van der Waals surface area contributed by atoms with Gasteiger partial charge in [-0.1, -0.05) is 0 Å². The molecule has 1 aromatic rings. The summed E-state index contributed by atoms with van der Waals surface area (Å²) in [5.41, 5.74) is 1.31. The Morgan fingerprint density at radius 1 is 1.18 bits per heavy atom. The number of carbonyl (C=O) groups excluding carboxylic acids is 1. The van der Waals surface area contributed by atoms with E-state index in [1.165, 1.54) is 5.56 Å². The highest BCUT2D eigenvalue weighted by atomic mass is 16.5. The summed E-state index contributed by atoms with van der Waals surface area (Å²) < 4.78 is 5.51. The number of rotatable bonds is 9. The van der Waals surface area contributed by atoms with Crippen molar-refractivity contribution in [1.82, 2.24) is 4.98 Å². The van der Waals surface area contributed by atoms with E-state index in [9.17, 15) is 4.79 Å². The van der Waals surface area contributed by atoms with Crippen LogP contribution in [0.5, 0.6) is 0 Å². The van der Waals surface area contributed by atoms with Gasteiger partial charge in [0.1, 0.15) is 5.78 Å². The van der Waals surface area contributed by atoms with E-state index in [0.717, 1.165) is 38.9 Å². The highest BCUT2D eigenvalue weighted by Crippen LogP contribution is 2.02. The average Bonchev–Trinajstić information content (AvgIpc) is 2.33. The van der Waals surface area contributed by atoms with Crippen LogP contribution in [0.15, 0.2) is 24.5 Å². The van der Waals surface area contributed by atoms with Gasteiger partial charge >= 0.3 is 0 Å². The van der Waals surface area contributed by atoms with Crippen LogP contribution in [0.25, 0.3) is 0 Å². The molecule has 1 aromatic heterocycles. The molecule has 0 saturated carbocycles. The summed E-state index contributed by atoms with van der Waals surface area (Å²) in [7, 11) is 0. The molecule has 1 rings (SSSR count). The number of carbonyl (C=O) groups is 1. The number of ether oxygens (including phenoxy) is 1. The van der Waals surface area contributed by atoms with Crippen LogP contribution in [0.4, 0.5) is 0 Å². The Morgan fingerprint density at radius 2 is 1.88 bits per heavy atom. The zero-order valence-corrected chi connectivity index (χ0v) is 10.5. The molecule has 0 fully saturated rings. The van der Waals surface area contributed by atoms with E-state index in [2.05, 4.69) is 4.98 Å². The summed E-state index contributed by atoms with van der Waals surface area (Å²) in [5.74, 6) is 0.266. The molecule has 0 aliphatic heterocycles. The topological polar surface area (TPSA) is 39.2 Å². The van der Waals surface area contributed by atoms with Crippen LogP contribution < -0.4 is 0 Å². The van der Waals surface area contributed by atoms with Gasteiger partial charge in [0.2, 0.25) is 0 Å². The molecule has 0 saturated heterocycles. The van der Waals surface area contributed by atoms with Crippen molar-refractivity contribution in [2.45, 2.75) is 39.0 Å². The van der Waals surface area contributed by atoms with Gasteiger partial charge < -0.3 is 9.53 Å². The number of unbranched alkanes of at least 4 members (excludes halogenated alkanes) is 1. The molecular formula is C14H21NO2. The molecular weight excluding hydrogens is 214 g/mol. The summed E-state index contributed by atoms with van der Waals surface area (Å²) in [6.07, 6.45) is 8.32. The first kappa shape index (κ1) is 13.8. The molecule has 0 unspecified atom stereocenters. The van der Waals surface area contributed by atoms with Crippen molar-refractivity contribution in [2.24, 2.45) is 0 Å². The van der Waals surface area contributed by atoms with Crippen LogP contribution in [0.1, 0.15) is 38.2 Å². The third kappa shape index (κ3) is 7.64. The first-order valence-corrected chi connectivity index (χ1v) is 6.25. The molecule has 0 bridgehead atoms. The van der Waals surface area contributed by atoms with Crippen molar-refractivity contribution in [1.29, 1.82) is 0 Å². The molecule has 0 atom stereocenters. The number of aromatic nitrogens is 1. The van der Waals surface area contributed by atoms with E-state index in [0.29, 0.717) is 6.42 Å². The molecule has 0 aromatic carbocycles. The Balaban J connectivity index is 1.90.